The predicted molar refractivity (Wildman–Crippen MR) is 200 cm³/mol. The van der Waals surface area contributed by atoms with Gasteiger partial charge in [-0.25, -0.2) is 24.4 Å². The quantitative estimate of drug-likeness (QED) is 0.146. The second kappa shape index (κ2) is 17.5. The largest absolute Gasteiger partial charge is 0.480 e. The Hall–Kier alpha value is -5.64. The summed E-state index contributed by atoms with van der Waals surface area (Å²) in [6.07, 6.45) is -1.31. The van der Waals surface area contributed by atoms with Gasteiger partial charge in [0.2, 0.25) is 5.88 Å². The number of amides is 4. The molecular weight excluding hydrogens is 698 g/mol. The highest BCUT2D eigenvalue weighted by Crippen LogP contribution is 2.30. The zero-order valence-corrected chi connectivity index (χ0v) is 31.6. The second-order valence-corrected chi connectivity index (χ2v) is 14.7. The Kier molecular flexibility index (Phi) is 12.8. The predicted octanol–water partition coefficient (Wildman–Crippen LogP) is 5.12. The molecule has 1 aromatic carbocycles. The summed E-state index contributed by atoms with van der Waals surface area (Å²) in [5, 5.41) is 8.74. The maximum absolute atomic E-state index is 12.9. The topological polar surface area (TPSA) is 183 Å². The van der Waals surface area contributed by atoms with Gasteiger partial charge in [-0.3, -0.25) is 9.69 Å². The average molecular weight is 748 g/mol. The SMILES string of the molecule is CC(C)(C)OC(=O)NCCN(CCOc1cccc(-c2cccc(CNCCC3CN(c4ccc5c(n4)NC(=O)CO5)C(=O)O3)c2)n1)C(=O)OC(C)(C)C. The van der Waals surface area contributed by atoms with E-state index in [-0.39, 0.29) is 50.7 Å². The van der Waals surface area contributed by atoms with E-state index < -0.39 is 29.5 Å². The first-order valence-corrected chi connectivity index (χ1v) is 17.9. The van der Waals surface area contributed by atoms with Gasteiger partial charge in [0, 0.05) is 31.3 Å². The van der Waals surface area contributed by atoms with E-state index in [0.717, 1.165) is 16.8 Å². The Balaban J connectivity index is 1.09. The van der Waals surface area contributed by atoms with Crippen LogP contribution in [-0.4, -0.2) is 102 Å². The summed E-state index contributed by atoms with van der Waals surface area (Å²) in [5.74, 6) is 1.21. The van der Waals surface area contributed by atoms with Crippen LogP contribution in [0.3, 0.4) is 0 Å². The van der Waals surface area contributed by atoms with Crippen LogP contribution in [0.2, 0.25) is 0 Å². The zero-order valence-electron chi connectivity index (χ0n) is 31.6. The summed E-state index contributed by atoms with van der Waals surface area (Å²) < 4.78 is 27.7. The van der Waals surface area contributed by atoms with Crippen LogP contribution in [0.25, 0.3) is 11.3 Å². The van der Waals surface area contributed by atoms with Crippen molar-refractivity contribution in [3.63, 3.8) is 0 Å². The smallest absolute Gasteiger partial charge is 0.415 e. The van der Waals surface area contributed by atoms with Gasteiger partial charge in [-0.05, 0) is 84.3 Å². The Morgan fingerprint density at radius 2 is 1.74 bits per heavy atom. The molecule has 54 heavy (non-hydrogen) atoms. The molecule has 16 heteroatoms. The van der Waals surface area contributed by atoms with Gasteiger partial charge in [0.1, 0.15) is 29.7 Å². The molecule has 0 spiro atoms. The van der Waals surface area contributed by atoms with E-state index in [1.54, 1.807) is 59.7 Å². The number of anilines is 2. The second-order valence-electron chi connectivity index (χ2n) is 14.7. The fraction of sp³-hybridized carbons (Fsp3) is 0.474. The number of rotatable bonds is 14. The number of fused-ring (bicyclic) bond motifs is 1. The highest BCUT2D eigenvalue weighted by Gasteiger charge is 2.33. The minimum atomic E-state index is -0.693. The lowest BCUT2D eigenvalue weighted by molar-refractivity contribution is -0.118. The van der Waals surface area contributed by atoms with Crippen molar-refractivity contribution < 1.29 is 42.9 Å². The summed E-state index contributed by atoms with van der Waals surface area (Å²) in [4.78, 5) is 61.2. The molecule has 0 saturated carbocycles. The molecule has 3 N–H and O–H groups in total. The highest BCUT2D eigenvalue weighted by molar-refractivity contribution is 5.95. The number of benzene rings is 1. The van der Waals surface area contributed by atoms with E-state index in [0.29, 0.717) is 43.5 Å². The van der Waals surface area contributed by atoms with Crippen molar-refractivity contribution in [2.75, 3.05) is 56.2 Å². The van der Waals surface area contributed by atoms with Gasteiger partial charge in [0.25, 0.3) is 5.91 Å². The molecule has 1 saturated heterocycles. The van der Waals surface area contributed by atoms with Crippen LogP contribution < -0.4 is 30.3 Å². The van der Waals surface area contributed by atoms with E-state index in [2.05, 4.69) is 25.9 Å². The van der Waals surface area contributed by atoms with E-state index in [4.69, 9.17) is 23.7 Å². The molecule has 4 heterocycles. The fourth-order valence-electron chi connectivity index (χ4n) is 5.44. The number of hydrogen-bond donors (Lipinski definition) is 3. The highest BCUT2D eigenvalue weighted by atomic mass is 16.6. The first-order valence-electron chi connectivity index (χ1n) is 17.9. The molecule has 1 fully saturated rings. The van der Waals surface area contributed by atoms with Crippen molar-refractivity contribution >= 4 is 35.8 Å². The van der Waals surface area contributed by atoms with E-state index in [9.17, 15) is 19.2 Å². The van der Waals surface area contributed by atoms with Crippen molar-refractivity contribution in [3.8, 4) is 22.9 Å². The third-order valence-electron chi connectivity index (χ3n) is 7.84. The monoisotopic (exact) mass is 747 g/mol. The zero-order chi connectivity index (χ0) is 38.9. The maximum Gasteiger partial charge on any atom is 0.415 e. The Morgan fingerprint density at radius 1 is 0.963 bits per heavy atom. The molecule has 0 bridgehead atoms. The molecule has 16 nitrogen and oxygen atoms in total. The van der Waals surface area contributed by atoms with Crippen molar-refractivity contribution in [2.24, 2.45) is 0 Å². The normalized spacial score (nSPS) is 15.4. The molecule has 0 radical (unpaired) electrons. The first kappa shape index (κ1) is 39.6. The van der Waals surface area contributed by atoms with Crippen LogP contribution in [0.1, 0.15) is 53.5 Å². The van der Waals surface area contributed by atoms with Gasteiger partial charge < -0.3 is 44.5 Å². The summed E-state index contributed by atoms with van der Waals surface area (Å²) in [6.45, 7) is 12.9. The van der Waals surface area contributed by atoms with Gasteiger partial charge in [-0.2, -0.15) is 0 Å². The molecule has 290 valence electrons. The van der Waals surface area contributed by atoms with Gasteiger partial charge in [0.15, 0.2) is 18.2 Å². The Labute approximate surface area is 314 Å². The number of carbonyl (C=O) groups excluding carboxylic acids is 4. The molecule has 2 aromatic heterocycles. The summed E-state index contributed by atoms with van der Waals surface area (Å²) in [5.41, 5.74) is 1.34. The van der Waals surface area contributed by atoms with Gasteiger partial charge >= 0.3 is 18.3 Å². The third kappa shape index (κ3) is 11.9. The Bertz CT molecular complexity index is 1810. The first-order chi connectivity index (χ1) is 25.6. The molecule has 2 aliphatic rings. The van der Waals surface area contributed by atoms with Crippen LogP contribution in [0.15, 0.2) is 54.6 Å². The minimum absolute atomic E-state index is 0.0710. The number of aromatic nitrogens is 2. The van der Waals surface area contributed by atoms with Gasteiger partial charge in [-0.1, -0.05) is 24.3 Å². The maximum atomic E-state index is 12.9. The minimum Gasteiger partial charge on any atom is -0.480 e. The van der Waals surface area contributed by atoms with Gasteiger partial charge in [-0.15, -0.1) is 0 Å². The molecule has 4 amide bonds. The number of carbonyl (C=O) groups is 4. The van der Waals surface area contributed by atoms with Crippen LogP contribution in [0, 0.1) is 0 Å². The molecule has 5 rings (SSSR count). The van der Waals surface area contributed by atoms with E-state index in [1.165, 1.54) is 9.80 Å². The summed E-state index contributed by atoms with van der Waals surface area (Å²) >= 11 is 0. The van der Waals surface area contributed by atoms with Crippen molar-refractivity contribution in [1.82, 2.24) is 25.5 Å². The Morgan fingerprint density at radius 3 is 2.52 bits per heavy atom. The lowest BCUT2D eigenvalue weighted by atomic mass is 10.1. The van der Waals surface area contributed by atoms with Gasteiger partial charge in [0.05, 0.1) is 18.8 Å². The molecule has 1 atom stereocenters. The molecule has 1 unspecified atom stereocenters. The van der Waals surface area contributed by atoms with Crippen LogP contribution >= 0.6 is 0 Å². The van der Waals surface area contributed by atoms with E-state index in [1.807, 2.05) is 36.4 Å². The van der Waals surface area contributed by atoms with Crippen LogP contribution in [0.5, 0.6) is 11.6 Å². The van der Waals surface area contributed by atoms with Crippen molar-refractivity contribution in [3.05, 3.63) is 60.2 Å². The third-order valence-corrected chi connectivity index (χ3v) is 7.84. The number of ether oxygens (including phenoxy) is 5. The number of hydrogen-bond acceptors (Lipinski definition) is 12. The van der Waals surface area contributed by atoms with Crippen molar-refractivity contribution in [2.45, 2.75) is 71.8 Å². The van der Waals surface area contributed by atoms with E-state index >= 15 is 0 Å². The number of nitrogens with one attached hydrogen (secondary N) is 3. The summed E-state index contributed by atoms with van der Waals surface area (Å²) in [7, 11) is 0. The number of cyclic esters (lactones) is 1. The average Bonchev–Trinajstić information content (AvgIpc) is 3.47. The van der Waals surface area contributed by atoms with Crippen molar-refractivity contribution in [1.29, 1.82) is 0 Å². The molecule has 0 aliphatic carbocycles. The number of pyridine rings is 2. The molecule has 3 aromatic rings. The van der Waals surface area contributed by atoms with Crippen LogP contribution in [-0.2, 0) is 25.5 Å². The molecule has 2 aliphatic heterocycles. The lowest BCUT2D eigenvalue weighted by Crippen LogP contribution is -2.44. The molecular formula is C38H49N7O9. The van der Waals surface area contributed by atoms with Crippen LogP contribution in [0.4, 0.5) is 26.0 Å². The fourth-order valence-corrected chi connectivity index (χ4v) is 5.44. The number of alkyl carbamates (subject to hydrolysis) is 1. The number of nitrogens with zero attached hydrogens (tertiary/aromatic N) is 4. The lowest BCUT2D eigenvalue weighted by Gasteiger charge is -2.27. The standard InChI is InChI=1S/C38H49N7O9/c1-37(2,3)53-34(47)40-17-18-44(35(48)54-38(4,5)6)19-20-50-32-12-8-11-28(41-32)26-10-7-9-25(21-26)22-39-16-15-27-23-45(36(49)52-27)30-14-13-29-33(42-30)43-31(46)24-51-29/h7-14,21,27,39H,15-20,22-24H2,1-6H3,(H,40,47)(H,42,43,46). The summed E-state index contributed by atoms with van der Waals surface area (Å²) in [6, 6.07) is 16.8.